The number of nitrogens with one attached hydrogen (secondary N) is 2. The van der Waals surface area contributed by atoms with E-state index in [1.54, 1.807) is 0 Å². The fourth-order valence-corrected chi connectivity index (χ4v) is 1.33. The van der Waals surface area contributed by atoms with E-state index in [4.69, 9.17) is 5.73 Å². The highest BCUT2D eigenvalue weighted by Gasteiger charge is 2.02. The lowest BCUT2D eigenvalue weighted by molar-refractivity contribution is -0.119. The Bertz CT molecular complexity index is 363. The average molecular weight is 221 g/mol. The lowest BCUT2D eigenvalue weighted by Gasteiger charge is -2.10. The van der Waals surface area contributed by atoms with Crippen LogP contribution >= 0.6 is 0 Å². The summed E-state index contributed by atoms with van der Waals surface area (Å²) >= 11 is 0. The molecule has 0 aromatic heterocycles. The zero-order chi connectivity index (χ0) is 12.0. The van der Waals surface area contributed by atoms with Crippen molar-refractivity contribution in [1.29, 1.82) is 0 Å². The summed E-state index contributed by atoms with van der Waals surface area (Å²) in [5.74, 6) is 0.00340. The van der Waals surface area contributed by atoms with E-state index in [2.05, 4.69) is 10.6 Å². The fourth-order valence-electron chi connectivity index (χ4n) is 1.33. The van der Waals surface area contributed by atoms with E-state index in [9.17, 15) is 4.79 Å². The minimum atomic E-state index is 0.00340. The number of hydrogen-bond donors (Lipinski definition) is 3. The second kappa shape index (κ2) is 6.00. The van der Waals surface area contributed by atoms with E-state index in [1.807, 2.05) is 32.0 Å². The Balaban J connectivity index is 2.47. The van der Waals surface area contributed by atoms with Gasteiger partial charge in [-0.1, -0.05) is 13.0 Å². The molecule has 1 aromatic carbocycles. The van der Waals surface area contributed by atoms with Gasteiger partial charge in [-0.25, -0.2) is 0 Å². The van der Waals surface area contributed by atoms with Crippen molar-refractivity contribution in [2.75, 3.05) is 24.1 Å². The summed E-state index contributed by atoms with van der Waals surface area (Å²) in [6.07, 6.45) is 0.947. The van der Waals surface area contributed by atoms with Gasteiger partial charge >= 0.3 is 0 Å². The topological polar surface area (TPSA) is 67.2 Å². The number of carbonyl (C=O) groups is 1. The van der Waals surface area contributed by atoms with E-state index < -0.39 is 0 Å². The highest BCUT2D eigenvalue weighted by atomic mass is 16.1. The Hall–Kier alpha value is -1.71. The zero-order valence-corrected chi connectivity index (χ0v) is 9.84. The molecule has 0 atom stereocenters. The monoisotopic (exact) mass is 221 g/mol. The molecule has 1 aromatic rings. The van der Waals surface area contributed by atoms with Crippen molar-refractivity contribution >= 4 is 17.3 Å². The second-order valence-electron chi connectivity index (χ2n) is 3.78. The first-order chi connectivity index (χ1) is 7.63. The summed E-state index contributed by atoms with van der Waals surface area (Å²) in [7, 11) is 0. The largest absolute Gasteiger partial charge is 0.399 e. The Morgan fingerprint density at radius 1 is 1.44 bits per heavy atom. The molecule has 4 heteroatoms. The van der Waals surface area contributed by atoms with Crippen LogP contribution in [0.15, 0.2) is 18.2 Å². The third-order valence-electron chi connectivity index (χ3n) is 2.27. The van der Waals surface area contributed by atoms with E-state index in [1.165, 1.54) is 0 Å². The average Bonchev–Trinajstić information content (AvgIpc) is 2.27. The molecule has 0 radical (unpaired) electrons. The SMILES string of the molecule is CCCNC(=O)CNc1cc(N)ccc1C. The van der Waals surface area contributed by atoms with Gasteiger partial charge in [0.05, 0.1) is 6.54 Å². The molecule has 1 amide bonds. The summed E-state index contributed by atoms with van der Waals surface area (Å²) in [6.45, 7) is 5.00. The summed E-state index contributed by atoms with van der Waals surface area (Å²) in [4.78, 5) is 11.4. The molecular formula is C12H19N3O. The van der Waals surface area contributed by atoms with Crippen LogP contribution in [0.4, 0.5) is 11.4 Å². The quantitative estimate of drug-likeness (QED) is 0.660. The number of anilines is 2. The lowest BCUT2D eigenvalue weighted by atomic mass is 10.2. The molecular weight excluding hydrogens is 202 g/mol. The summed E-state index contributed by atoms with van der Waals surface area (Å²) in [5, 5.41) is 5.87. The Labute approximate surface area is 96.2 Å². The standard InChI is InChI=1S/C12H19N3O/c1-3-6-14-12(16)8-15-11-7-10(13)5-4-9(11)2/h4-5,7,15H,3,6,8,13H2,1-2H3,(H,14,16). The predicted molar refractivity (Wildman–Crippen MR) is 67.4 cm³/mol. The van der Waals surface area contributed by atoms with Gasteiger partial charge in [0.1, 0.15) is 0 Å². The molecule has 4 N–H and O–H groups in total. The maximum Gasteiger partial charge on any atom is 0.239 e. The zero-order valence-electron chi connectivity index (χ0n) is 9.84. The van der Waals surface area contributed by atoms with Crippen LogP contribution in [-0.4, -0.2) is 19.0 Å². The predicted octanol–water partition coefficient (Wildman–Crippen LogP) is 1.52. The molecule has 0 saturated heterocycles. The van der Waals surface area contributed by atoms with Gasteiger partial charge in [-0.05, 0) is 31.0 Å². The number of benzene rings is 1. The summed E-state index contributed by atoms with van der Waals surface area (Å²) in [6, 6.07) is 5.61. The number of carbonyl (C=O) groups excluding carboxylic acids is 1. The summed E-state index contributed by atoms with van der Waals surface area (Å²) < 4.78 is 0. The van der Waals surface area contributed by atoms with Gasteiger partial charge in [0.15, 0.2) is 0 Å². The van der Waals surface area contributed by atoms with Crippen LogP contribution in [0.5, 0.6) is 0 Å². The van der Waals surface area contributed by atoms with Crippen molar-refractivity contribution in [3.05, 3.63) is 23.8 Å². The molecule has 4 nitrogen and oxygen atoms in total. The van der Waals surface area contributed by atoms with Crippen LogP contribution in [0.25, 0.3) is 0 Å². The molecule has 88 valence electrons. The molecule has 0 bridgehead atoms. The third kappa shape index (κ3) is 3.81. The first kappa shape index (κ1) is 12.4. The molecule has 0 fully saturated rings. The Kier molecular flexibility index (Phi) is 4.64. The van der Waals surface area contributed by atoms with Crippen LogP contribution in [0, 0.1) is 6.92 Å². The Morgan fingerprint density at radius 2 is 2.19 bits per heavy atom. The van der Waals surface area contributed by atoms with Gasteiger partial charge in [-0.15, -0.1) is 0 Å². The minimum Gasteiger partial charge on any atom is -0.399 e. The highest BCUT2D eigenvalue weighted by molar-refractivity contribution is 5.81. The molecule has 0 heterocycles. The van der Waals surface area contributed by atoms with Gasteiger partial charge in [0, 0.05) is 17.9 Å². The van der Waals surface area contributed by atoms with Gasteiger partial charge in [-0.2, -0.15) is 0 Å². The number of hydrogen-bond acceptors (Lipinski definition) is 3. The van der Waals surface area contributed by atoms with Crippen LogP contribution < -0.4 is 16.4 Å². The van der Waals surface area contributed by atoms with Crippen molar-refractivity contribution in [3.63, 3.8) is 0 Å². The molecule has 1 rings (SSSR count). The number of nitrogens with two attached hydrogens (primary N) is 1. The van der Waals surface area contributed by atoms with Crippen molar-refractivity contribution in [2.24, 2.45) is 0 Å². The molecule has 16 heavy (non-hydrogen) atoms. The van der Waals surface area contributed by atoms with Gasteiger partial charge in [0.25, 0.3) is 0 Å². The maximum atomic E-state index is 11.4. The number of rotatable bonds is 5. The van der Waals surface area contributed by atoms with Gasteiger partial charge in [0.2, 0.25) is 5.91 Å². The Morgan fingerprint density at radius 3 is 2.88 bits per heavy atom. The number of aryl methyl sites for hydroxylation is 1. The van der Waals surface area contributed by atoms with Gasteiger partial charge < -0.3 is 16.4 Å². The molecule has 0 spiro atoms. The van der Waals surface area contributed by atoms with Crippen molar-refractivity contribution in [1.82, 2.24) is 5.32 Å². The minimum absolute atomic E-state index is 0.00340. The van der Waals surface area contributed by atoms with Crippen LogP contribution in [0.3, 0.4) is 0 Å². The van der Waals surface area contributed by atoms with E-state index in [0.717, 1.165) is 24.2 Å². The van der Waals surface area contributed by atoms with E-state index in [0.29, 0.717) is 5.69 Å². The van der Waals surface area contributed by atoms with Crippen LogP contribution in [0.2, 0.25) is 0 Å². The number of nitrogen functional groups attached to an aromatic ring is 1. The van der Waals surface area contributed by atoms with Crippen LogP contribution in [-0.2, 0) is 4.79 Å². The number of amides is 1. The molecule has 0 aliphatic rings. The van der Waals surface area contributed by atoms with E-state index >= 15 is 0 Å². The highest BCUT2D eigenvalue weighted by Crippen LogP contribution is 2.17. The fraction of sp³-hybridized carbons (Fsp3) is 0.417. The summed E-state index contributed by atoms with van der Waals surface area (Å²) in [5.41, 5.74) is 8.36. The van der Waals surface area contributed by atoms with Crippen molar-refractivity contribution in [3.8, 4) is 0 Å². The normalized spacial score (nSPS) is 9.88. The van der Waals surface area contributed by atoms with E-state index in [-0.39, 0.29) is 12.5 Å². The molecule has 0 saturated carbocycles. The lowest BCUT2D eigenvalue weighted by Crippen LogP contribution is -2.30. The van der Waals surface area contributed by atoms with Crippen molar-refractivity contribution < 1.29 is 4.79 Å². The molecule has 0 unspecified atom stereocenters. The van der Waals surface area contributed by atoms with Crippen LogP contribution in [0.1, 0.15) is 18.9 Å². The van der Waals surface area contributed by atoms with Gasteiger partial charge in [-0.3, -0.25) is 4.79 Å². The first-order valence-electron chi connectivity index (χ1n) is 5.50. The first-order valence-corrected chi connectivity index (χ1v) is 5.50. The van der Waals surface area contributed by atoms with Crippen molar-refractivity contribution in [2.45, 2.75) is 20.3 Å². The second-order valence-corrected chi connectivity index (χ2v) is 3.78. The molecule has 0 aliphatic heterocycles. The smallest absolute Gasteiger partial charge is 0.239 e. The maximum absolute atomic E-state index is 11.4. The molecule has 0 aliphatic carbocycles. The third-order valence-corrected chi connectivity index (χ3v) is 2.27.